The molecular weight excluding hydrogens is 254 g/mol. The average molecular weight is 275 g/mol. The summed E-state index contributed by atoms with van der Waals surface area (Å²) in [6.45, 7) is 6.42. The van der Waals surface area contributed by atoms with E-state index in [1.54, 1.807) is 0 Å². The highest BCUT2D eigenvalue weighted by atomic mass is 16.4. The minimum absolute atomic E-state index is 0.0792. The van der Waals surface area contributed by atoms with E-state index in [9.17, 15) is 4.79 Å². The fraction of sp³-hybridized carbons (Fsp3) is 0.533. The predicted molar refractivity (Wildman–Crippen MR) is 78.5 cm³/mol. The third-order valence-corrected chi connectivity index (χ3v) is 3.22. The van der Waals surface area contributed by atoms with Crippen LogP contribution in [0.15, 0.2) is 29.4 Å². The van der Waals surface area contributed by atoms with Gasteiger partial charge in [-0.15, -0.1) is 0 Å². The van der Waals surface area contributed by atoms with Crippen LogP contribution in [0.2, 0.25) is 0 Å². The Morgan fingerprint density at radius 3 is 2.40 bits per heavy atom. The zero-order valence-electron chi connectivity index (χ0n) is 12.2. The van der Waals surface area contributed by atoms with E-state index < -0.39 is 5.97 Å². The third kappa shape index (κ3) is 4.94. The highest BCUT2D eigenvalue weighted by Crippen LogP contribution is 2.27. The maximum absolute atomic E-state index is 10.5. The van der Waals surface area contributed by atoms with Crippen LogP contribution in [0.1, 0.15) is 57.2 Å². The molecule has 0 amide bonds. The summed E-state index contributed by atoms with van der Waals surface area (Å²) >= 11 is 0. The quantitative estimate of drug-likeness (QED) is 0.467. The molecule has 0 saturated heterocycles. The van der Waals surface area contributed by atoms with Gasteiger partial charge in [-0.3, -0.25) is 4.79 Å². The van der Waals surface area contributed by atoms with Crippen molar-refractivity contribution >= 4 is 5.97 Å². The summed E-state index contributed by atoms with van der Waals surface area (Å²) < 4.78 is 0. The lowest BCUT2D eigenvalue weighted by Crippen LogP contribution is -2.11. The molecule has 0 aliphatic heterocycles. The Balaban J connectivity index is 2.81. The van der Waals surface area contributed by atoms with Gasteiger partial charge in [0.2, 0.25) is 0 Å². The fourth-order valence-electron chi connectivity index (χ4n) is 2.01. The van der Waals surface area contributed by atoms with Gasteiger partial charge in [-0.1, -0.05) is 50.2 Å². The Hall–Kier alpha value is -2.00. The molecule has 0 fully saturated rings. The second kappa shape index (κ2) is 6.96. The molecule has 0 aliphatic carbocycles. The standard InChI is InChI=1S/C15H21N3O2/c1-15(2,3)12-9-7-11(8-10-12)13(17-18-16)5-4-6-14(19)20/h7-10,13H,4-6H2,1-3H3,(H,19,20). The van der Waals surface area contributed by atoms with Crippen LogP contribution in [0, 0.1) is 0 Å². The molecule has 0 saturated carbocycles. The molecule has 1 unspecified atom stereocenters. The normalized spacial score (nSPS) is 12.6. The number of carboxylic acids is 1. The van der Waals surface area contributed by atoms with E-state index >= 15 is 0 Å². The van der Waals surface area contributed by atoms with Crippen molar-refractivity contribution in [2.24, 2.45) is 5.11 Å². The van der Waals surface area contributed by atoms with Crippen molar-refractivity contribution < 1.29 is 9.90 Å². The Labute approximate surface area is 119 Å². The number of carboxylic acid groups (broad SMARTS) is 1. The first-order valence-corrected chi connectivity index (χ1v) is 6.71. The average Bonchev–Trinajstić information content (AvgIpc) is 2.36. The van der Waals surface area contributed by atoms with Crippen molar-refractivity contribution in [2.75, 3.05) is 0 Å². The molecule has 0 aromatic heterocycles. The molecule has 0 spiro atoms. The van der Waals surface area contributed by atoms with Gasteiger partial charge >= 0.3 is 5.97 Å². The number of benzene rings is 1. The zero-order valence-corrected chi connectivity index (χ0v) is 12.2. The maximum Gasteiger partial charge on any atom is 0.303 e. The summed E-state index contributed by atoms with van der Waals surface area (Å²) in [4.78, 5) is 13.4. The van der Waals surface area contributed by atoms with Crippen LogP contribution in [0.4, 0.5) is 0 Å². The second-order valence-electron chi connectivity index (χ2n) is 5.88. The molecule has 0 aliphatic rings. The third-order valence-electron chi connectivity index (χ3n) is 3.22. The van der Waals surface area contributed by atoms with Crippen molar-refractivity contribution in [1.82, 2.24) is 0 Å². The van der Waals surface area contributed by atoms with Gasteiger partial charge in [0.15, 0.2) is 0 Å². The molecule has 1 N–H and O–H groups in total. The van der Waals surface area contributed by atoms with Crippen LogP contribution in [0.25, 0.3) is 10.4 Å². The molecule has 0 bridgehead atoms. The van der Waals surface area contributed by atoms with Crippen LogP contribution >= 0.6 is 0 Å². The molecular formula is C15H21N3O2. The molecule has 5 nitrogen and oxygen atoms in total. The summed E-state index contributed by atoms with van der Waals surface area (Å²) in [5.74, 6) is -0.826. The number of hydrogen-bond acceptors (Lipinski definition) is 2. The number of azide groups is 1. The van der Waals surface area contributed by atoms with Crippen LogP contribution in [0.5, 0.6) is 0 Å². The van der Waals surface area contributed by atoms with Gasteiger partial charge in [-0.05, 0) is 34.9 Å². The highest BCUT2D eigenvalue weighted by molar-refractivity contribution is 5.66. The van der Waals surface area contributed by atoms with Gasteiger partial charge in [0.25, 0.3) is 0 Å². The van der Waals surface area contributed by atoms with E-state index in [0.717, 1.165) is 5.56 Å². The Kier molecular flexibility index (Phi) is 5.59. The lowest BCUT2D eigenvalue weighted by molar-refractivity contribution is -0.137. The molecule has 1 aromatic carbocycles. The largest absolute Gasteiger partial charge is 0.481 e. The number of carbonyl (C=O) groups is 1. The van der Waals surface area contributed by atoms with E-state index in [0.29, 0.717) is 12.8 Å². The number of nitrogens with zero attached hydrogens (tertiary/aromatic N) is 3. The van der Waals surface area contributed by atoms with Crippen LogP contribution in [-0.4, -0.2) is 11.1 Å². The molecule has 108 valence electrons. The van der Waals surface area contributed by atoms with E-state index in [1.807, 2.05) is 24.3 Å². The van der Waals surface area contributed by atoms with E-state index in [1.165, 1.54) is 5.56 Å². The van der Waals surface area contributed by atoms with Crippen LogP contribution in [-0.2, 0) is 10.2 Å². The zero-order chi connectivity index (χ0) is 15.2. The van der Waals surface area contributed by atoms with Crippen molar-refractivity contribution in [1.29, 1.82) is 0 Å². The van der Waals surface area contributed by atoms with Crippen molar-refractivity contribution in [3.8, 4) is 0 Å². The van der Waals surface area contributed by atoms with Gasteiger partial charge in [0.05, 0.1) is 6.04 Å². The number of aliphatic carboxylic acids is 1. The summed E-state index contributed by atoms with van der Waals surface area (Å²) in [5.41, 5.74) is 10.9. The Morgan fingerprint density at radius 1 is 1.35 bits per heavy atom. The number of hydrogen-bond donors (Lipinski definition) is 1. The van der Waals surface area contributed by atoms with Gasteiger partial charge in [0.1, 0.15) is 0 Å². The highest BCUT2D eigenvalue weighted by Gasteiger charge is 2.15. The lowest BCUT2D eigenvalue weighted by Gasteiger charge is -2.20. The first kappa shape index (κ1) is 16.1. The summed E-state index contributed by atoms with van der Waals surface area (Å²) in [7, 11) is 0. The van der Waals surface area contributed by atoms with Gasteiger partial charge < -0.3 is 5.11 Å². The first-order chi connectivity index (χ1) is 9.34. The maximum atomic E-state index is 10.5. The molecule has 0 radical (unpaired) electrons. The predicted octanol–water partition coefficient (Wildman–Crippen LogP) is 4.59. The van der Waals surface area contributed by atoms with Crippen molar-refractivity contribution in [2.45, 2.75) is 51.5 Å². The molecule has 5 heteroatoms. The molecule has 20 heavy (non-hydrogen) atoms. The lowest BCUT2D eigenvalue weighted by atomic mass is 9.86. The van der Waals surface area contributed by atoms with E-state index in [-0.39, 0.29) is 17.9 Å². The van der Waals surface area contributed by atoms with Crippen molar-refractivity contribution in [3.05, 3.63) is 45.8 Å². The first-order valence-electron chi connectivity index (χ1n) is 6.71. The Morgan fingerprint density at radius 2 is 1.95 bits per heavy atom. The van der Waals surface area contributed by atoms with Gasteiger partial charge in [-0.25, -0.2) is 0 Å². The molecule has 0 heterocycles. The minimum atomic E-state index is -0.826. The molecule has 1 atom stereocenters. The van der Waals surface area contributed by atoms with Gasteiger partial charge in [-0.2, -0.15) is 0 Å². The second-order valence-corrected chi connectivity index (χ2v) is 5.88. The monoisotopic (exact) mass is 275 g/mol. The van der Waals surface area contributed by atoms with E-state index in [4.69, 9.17) is 10.6 Å². The smallest absolute Gasteiger partial charge is 0.303 e. The van der Waals surface area contributed by atoms with Crippen LogP contribution < -0.4 is 0 Å². The van der Waals surface area contributed by atoms with Crippen LogP contribution in [0.3, 0.4) is 0 Å². The summed E-state index contributed by atoms with van der Waals surface area (Å²) in [6, 6.07) is 7.69. The summed E-state index contributed by atoms with van der Waals surface area (Å²) in [6.07, 6.45) is 1.14. The fourth-order valence-corrected chi connectivity index (χ4v) is 2.01. The molecule has 1 rings (SSSR count). The Bertz CT molecular complexity index is 497. The topological polar surface area (TPSA) is 86.1 Å². The van der Waals surface area contributed by atoms with Gasteiger partial charge in [0, 0.05) is 11.3 Å². The molecule has 1 aromatic rings. The minimum Gasteiger partial charge on any atom is -0.481 e. The van der Waals surface area contributed by atoms with E-state index in [2.05, 4.69) is 30.8 Å². The van der Waals surface area contributed by atoms with Crippen molar-refractivity contribution in [3.63, 3.8) is 0 Å². The summed E-state index contributed by atoms with van der Waals surface area (Å²) in [5, 5.41) is 12.4. The number of rotatable bonds is 6. The SMILES string of the molecule is CC(C)(C)c1ccc(C(CCCC(=O)O)N=[N+]=[N-])cc1.